The first-order valence-electron chi connectivity index (χ1n) is 7.17. The van der Waals surface area contributed by atoms with Gasteiger partial charge < -0.3 is 15.5 Å². The first kappa shape index (κ1) is 13.6. The van der Waals surface area contributed by atoms with Crippen LogP contribution in [0.2, 0.25) is 0 Å². The van der Waals surface area contributed by atoms with Gasteiger partial charge >= 0.3 is 0 Å². The average molecular weight is 282 g/mol. The summed E-state index contributed by atoms with van der Waals surface area (Å²) in [5, 5.41) is 4.90. The Morgan fingerprint density at radius 3 is 2.76 bits per heavy atom. The van der Waals surface area contributed by atoms with Crippen LogP contribution in [0.25, 0.3) is 21.9 Å². The second kappa shape index (κ2) is 5.58. The second-order valence-corrected chi connectivity index (χ2v) is 5.19. The minimum absolute atomic E-state index is 0.149. The molecule has 0 aliphatic rings. The molecule has 4 heteroatoms. The molecule has 21 heavy (non-hydrogen) atoms. The molecular formula is C17H18N2O2. The van der Waals surface area contributed by atoms with Gasteiger partial charge in [0.2, 0.25) is 5.91 Å². The molecule has 0 saturated heterocycles. The average Bonchev–Trinajstić information content (AvgIpc) is 2.85. The van der Waals surface area contributed by atoms with E-state index in [1.807, 2.05) is 49.4 Å². The van der Waals surface area contributed by atoms with Crippen molar-refractivity contribution in [2.45, 2.75) is 25.8 Å². The van der Waals surface area contributed by atoms with Gasteiger partial charge in [-0.3, -0.25) is 4.79 Å². The van der Waals surface area contributed by atoms with Crippen LogP contribution in [0.4, 0.5) is 5.69 Å². The third kappa shape index (κ3) is 2.62. The maximum Gasteiger partial charge on any atom is 0.241 e. The number of furan rings is 1. The molecule has 0 bridgehead atoms. The maximum atomic E-state index is 12.0. The molecule has 0 radical (unpaired) electrons. The van der Waals surface area contributed by atoms with Crippen molar-refractivity contribution in [3.05, 3.63) is 42.5 Å². The normalized spacial score (nSPS) is 12.7. The summed E-state index contributed by atoms with van der Waals surface area (Å²) in [6, 6.07) is 13.0. The molecule has 1 atom stereocenters. The molecule has 3 rings (SSSR count). The van der Waals surface area contributed by atoms with Gasteiger partial charge in [-0.1, -0.05) is 31.5 Å². The number of carbonyl (C=O) groups excluding carboxylic acids is 1. The highest BCUT2D eigenvalue weighted by Gasteiger charge is 2.13. The smallest absolute Gasteiger partial charge is 0.241 e. The summed E-state index contributed by atoms with van der Waals surface area (Å²) in [5.74, 6) is -0.149. The zero-order valence-electron chi connectivity index (χ0n) is 11.9. The van der Waals surface area contributed by atoms with E-state index in [1.165, 1.54) is 0 Å². The van der Waals surface area contributed by atoms with Crippen molar-refractivity contribution in [3.63, 3.8) is 0 Å². The summed E-state index contributed by atoms with van der Waals surface area (Å²) >= 11 is 0. The standard InChI is InChI=1S/C17H18N2O2/c1-2-5-14(18)17(20)19-11-8-9-16-13(10-11)12-6-3-4-7-15(12)21-16/h3-4,6-10,14H,2,5,18H2,1H3,(H,19,20)/t14-/m0/s1. The summed E-state index contributed by atoms with van der Waals surface area (Å²) < 4.78 is 5.76. The molecular weight excluding hydrogens is 264 g/mol. The van der Waals surface area contributed by atoms with E-state index in [9.17, 15) is 4.79 Å². The molecule has 0 spiro atoms. The molecule has 3 aromatic rings. The minimum atomic E-state index is -0.466. The SMILES string of the molecule is CCC[C@H](N)C(=O)Nc1ccc2oc3ccccc3c2c1. The van der Waals surface area contributed by atoms with Gasteiger partial charge in [-0.15, -0.1) is 0 Å². The first-order valence-corrected chi connectivity index (χ1v) is 7.17. The zero-order chi connectivity index (χ0) is 14.8. The lowest BCUT2D eigenvalue weighted by atomic mass is 10.1. The fraction of sp³-hybridized carbons (Fsp3) is 0.235. The summed E-state index contributed by atoms with van der Waals surface area (Å²) in [6.45, 7) is 2.01. The van der Waals surface area contributed by atoms with E-state index in [1.54, 1.807) is 0 Å². The van der Waals surface area contributed by atoms with Crippen LogP contribution in [-0.2, 0) is 4.79 Å². The molecule has 4 nitrogen and oxygen atoms in total. The molecule has 3 N–H and O–H groups in total. The number of anilines is 1. The fourth-order valence-corrected chi connectivity index (χ4v) is 2.48. The highest BCUT2D eigenvalue weighted by molar-refractivity contribution is 6.07. The van der Waals surface area contributed by atoms with E-state index in [2.05, 4.69) is 5.32 Å². The van der Waals surface area contributed by atoms with Crippen LogP contribution < -0.4 is 11.1 Å². The van der Waals surface area contributed by atoms with E-state index < -0.39 is 6.04 Å². The third-order valence-electron chi connectivity index (χ3n) is 3.58. The largest absolute Gasteiger partial charge is 0.456 e. The number of benzene rings is 2. The molecule has 2 aromatic carbocycles. The van der Waals surface area contributed by atoms with Gasteiger partial charge in [-0.2, -0.15) is 0 Å². The van der Waals surface area contributed by atoms with Gasteiger partial charge in [0.15, 0.2) is 0 Å². The maximum absolute atomic E-state index is 12.0. The number of para-hydroxylation sites is 1. The van der Waals surface area contributed by atoms with Gasteiger partial charge in [0.25, 0.3) is 0 Å². The molecule has 1 aromatic heterocycles. The Labute approximate surface area is 122 Å². The highest BCUT2D eigenvalue weighted by Crippen LogP contribution is 2.30. The quantitative estimate of drug-likeness (QED) is 0.767. The topological polar surface area (TPSA) is 68.3 Å². The number of rotatable bonds is 4. The van der Waals surface area contributed by atoms with Gasteiger partial charge in [0.1, 0.15) is 11.2 Å². The van der Waals surface area contributed by atoms with Crippen molar-refractivity contribution < 1.29 is 9.21 Å². The van der Waals surface area contributed by atoms with Gasteiger partial charge in [0, 0.05) is 16.5 Å². The molecule has 108 valence electrons. The van der Waals surface area contributed by atoms with Crippen LogP contribution >= 0.6 is 0 Å². The fourth-order valence-electron chi connectivity index (χ4n) is 2.48. The number of hydrogen-bond donors (Lipinski definition) is 2. The van der Waals surface area contributed by atoms with Crippen LogP contribution in [0.1, 0.15) is 19.8 Å². The molecule has 0 aliphatic carbocycles. The Hall–Kier alpha value is -2.33. The predicted molar refractivity (Wildman–Crippen MR) is 85.2 cm³/mol. The lowest BCUT2D eigenvalue weighted by Crippen LogP contribution is -2.35. The van der Waals surface area contributed by atoms with E-state index >= 15 is 0 Å². The Kier molecular flexibility index (Phi) is 3.62. The molecule has 0 aliphatic heterocycles. The Bertz CT molecular complexity index is 792. The molecule has 0 fully saturated rings. The lowest BCUT2D eigenvalue weighted by molar-refractivity contribution is -0.117. The Morgan fingerprint density at radius 1 is 1.19 bits per heavy atom. The number of nitrogens with two attached hydrogens (primary N) is 1. The van der Waals surface area contributed by atoms with E-state index in [4.69, 9.17) is 10.2 Å². The third-order valence-corrected chi connectivity index (χ3v) is 3.58. The van der Waals surface area contributed by atoms with Crippen LogP contribution in [-0.4, -0.2) is 11.9 Å². The number of amides is 1. The van der Waals surface area contributed by atoms with Gasteiger partial charge in [-0.25, -0.2) is 0 Å². The molecule has 1 amide bonds. The Morgan fingerprint density at radius 2 is 1.95 bits per heavy atom. The van der Waals surface area contributed by atoms with E-state index in [-0.39, 0.29) is 5.91 Å². The number of hydrogen-bond acceptors (Lipinski definition) is 3. The molecule has 0 unspecified atom stereocenters. The van der Waals surface area contributed by atoms with Crippen LogP contribution in [0, 0.1) is 0 Å². The van der Waals surface area contributed by atoms with Crippen molar-refractivity contribution in [1.29, 1.82) is 0 Å². The molecule has 1 heterocycles. The van der Waals surface area contributed by atoms with Crippen LogP contribution in [0.3, 0.4) is 0 Å². The van der Waals surface area contributed by atoms with Crippen LogP contribution in [0.5, 0.6) is 0 Å². The number of fused-ring (bicyclic) bond motifs is 3. The molecule has 0 saturated carbocycles. The van der Waals surface area contributed by atoms with Crippen molar-refractivity contribution in [2.75, 3.05) is 5.32 Å². The van der Waals surface area contributed by atoms with Crippen molar-refractivity contribution in [2.24, 2.45) is 5.73 Å². The van der Waals surface area contributed by atoms with Gasteiger partial charge in [-0.05, 0) is 30.7 Å². The lowest BCUT2D eigenvalue weighted by Gasteiger charge is -2.11. The summed E-state index contributed by atoms with van der Waals surface area (Å²) in [6.07, 6.45) is 1.57. The number of carbonyl (C=O) groups is 1. The second-order valence-electron chi connectivity index (χ2n) is 5.19. The summed E-state index contributed by atoms with van der Waals surface area (Å²) in [5.41, 5.74) is 8.23. The van der Waals surface area contributed by atoms with Crippen molar-refractivity contribution in [1.82, 2.24) is 0 Å². The highest BCUT2D eigenvalue weighted by atomic mass is 16.3. The van der Waals surface area contributed by atoms with Crippen molar-refractivity contribution >= 4 is 33.5 Å². The first-order chi connectivity index (χ1) is 10.2. The Balaban J connectivity index is 1.93. The van der Waals surface area contributed by atoms with Gasteiger partial charge in [0.05, 0.1) is 6.04 Å². The summed E-state index contributed by atoms with van der Waals surface area (Å²) in [4.78, 5) is 12.0. The predicted octanol–water partition coefficient (Wildman–Crippen LogP) is 3.65. The minimum Gasteiger partial charge on any atom is -0.456 e. The van der Waals surface area contributed by atoms with E-state index in [0.29, 0.717) is 6.42 Å². The van der Waals surface area contributed by atoms with Crippen molar-refractivity contribution in [3.8, 4) is 0 Å². The zero-order valence-corrected chi connectivity index (χ0v) is 11.9. The number of nitrogens with one attached hydrogen (secondary N) is 1. The monoisotopic (exact) mass is 282 g/mol. The van der Waals surface area contributed by atoms with E-state index in [0.717, 1.165) is 34.0 Å². The summed E-state index contributed by atoms with van der Waals surface area (Å²) in [7, 11) is 0. The van der Waals surface area contributed by atoms with Crippen LogP contribution in [0.15, 0.2) is 46.9 Å².